The van der Waals surface area contributed by atoms with E-state index in [2.05, 4.69) is 20.5 Å². The molecule has 0 saturated carbocycles. The third-order valence-corrected chi connectivity index (χ3v) is 7.52. The Morgan fingerprint density at radius 2 is 2.07 bits per heavy atom. The van der Waals surface area contributed by atoms with Gasteiger partial charge in [0.05, 0.1) is 53.1 Å². The summed E-state index contributed by atoms with van der Waals surface area (Å²) in [6.45, 7) is 3.55. The molecule has 1 fully saturated rings. The number of hydrogen-bond donors (Lipinski definition) is 1. The van der Waals surface area contributed by atoms with Crippen molar-refractivity contribution in [2.24, 2.45) is 0 Å². The Bertz CT molecular complexity index is 1690. The van der Waals surface area contributed by atoms with Crippen molar-refractivity contribution in [3.8, 4) is 11.9 Å². The van der Waals surface area contributed by atoms with Crippen LogP contribution in [0.25, 0.3) is 16.6 Å². The summed E-state index contributed by atoms with van der Waals surface area (Å²) in [6, 6.07) is 16.8. The van der Waals surface area contributed by atoms with Gasteiger partial charge in [-0.3, -0.25) is 4.90 Å². The van der Waals surface area contributed by atoms with E-state index in [1.54, 1.807) is 36.4 Å². The van der Waals surface area contributed by atoms with E-state index >= 15 is 0 Å². The van der Waals surface area contributed by atoms with Crippen LogP contribution < -0.4 is 4.74 Å². The Balaban J connectivity index is 1.14. The number of benzene rings is 2. The highest BCUT2D eigenvalue weighted by molar-refractivity contribution is 5.92. The lowest BCUT2D eigenvalue weighted by molar-refractivity contribution is -0.0591. The number of pyridine rings is 1. The Kier molecular flexibility index (Phi) is 7.46. The van der Waals surface area contributed by atoms with Crippen LogP contribution in [0.5, 0.6) is 5.88 Å². The van der Waals surface area contributed by atoms with Crippen molar-refractivity contribution >= 4 is 22.6 Å². The second kappa shape index (κ2) is 11.5. The molecular formula is C31H28FN5O4. The second-order valence-electron chi connectivity index (χ2n) is 10.2. The number of ether oxygens (including phenoxy) is 2. The summed E-state index contributed by atoms with van der Waals surface area (Å²) in [6.07, 6.45) is 4.03. The van der Waals surface area contributed by atoms with E-state index in [9.17, 15) is 14.3 Å². The fraction of sp³-hybridized carbons (Fsp3) is 0.290. The summed E-state index contributed by atoms with van der Waals surface area (Å²) in [5.41, 5.74) is 4.38. The van der Waals surface area contributed by atoms with Crippen molar-refractivity contribution in [3.63, 3.8) is 0 Å². The molecule has 0 bridgehead atoms. The molecule has 0 spiro atoms. The Hall–Kier alpha value is -4.59. The predicted octanol–water partition coefficient (Wildman–Crippen LogP) is 4.80. The minimum Gasteiger partial charge on any atom is -0.478 e. The van der Waals surface area contributed by atoms with Crippen molar-refractivity contribution in [1.82, 2.24) is 19.4 Å². The molecule has 4 aromatic rings. The van der Waals surface area contributed by atoms with Crippen LogP contribution in [0.2, 0.25) is 0 Å². The number of aromatic nitrogens is 3. The highest BCUT2D eigenvalue weighted by Crippen LogP contribution is 2.26. The topological polar surface area (TPSA) is 114 Å². The lowest BCUT2D eigenvalue weighted by atomic mass is 10.0. The van der Waals surface area contributed by atoms with Crippen LogP contribution in [0.3, 0.4) is 0 Å². The standard InChI is InChI=1S/C31H28FN5O4/c32-25-14-20(16-33)4-5-23(25)19-41-30-3-1-2-26(35-30)21-8-11-36(12-9-21)18-29-34-27-7-6-22(31(38)39)15-28(27)37(29)17-24-10-13-40-24/h1-8,14-15,24H,9-13,17-19H2,(H,38,39)/t24-/m0/s1. The molecule has 0 radical (unpaired) electrons. The van der Waals surface area contributed by atoms with Crippen LogP contribution in [0, 0.1) is 17.1 Å². The quantitative estimate of drug-likeness (QED) is 0.315. The zero-order chi connectivity index (χ0) is 28.3. The average Bonchev–Trinajstić information content (AvgIpc) is 3.30. The molecule has 9 nitrogen and oxygen atoms in total. The molecule has 208 valence electrons. The van der Waals surface area contributed by atoms with Crippen molar-refractivity contribution < 1.29 is 23.8 Å². The number of fused-ring (bicyclic) bond motifs is 1. The molecule has 1 atom stereocenters. The van der Waals surface area contributed by atoms with Gasteiger partial charge in [0.25, 0.3) is 0 Å². The van der Waals surface area contributed by atoms with Crippen LogP contribution >= 0.6 is 0 Å². The summed E-state index contributed by atoms with van der Waals surface area (Å²) < 4.78 is 27.8. The maximum atomic E-state index is 14.2. The van der Waals surface area contributed by atoms with Crippen LogP contribution in [-0.2, 0) is 24.4 Å². The van der Waals surface area contributed by atoms with E-state index in [1.807, 2.05) is 18.2 Å². The van der Waals surface area contributed by atoms with Gasteiger partial charge in [0.15, 0.2) is 0 Å². The highest BCUT2D eigenvalue weighted by Gasteiger charge is 2.24. The van der Waals surface area contributed by atoms with Gasteiger partial charge < -0.3 is 19.1 Å². The summed E-state index contributed by atoms with van der Waals surface area (Å²) in [7, 11) is 0. The van der Waals surface area contributed by atoms with Gasteiger partial charge in [0, 0.05) is 31.3 Å². The number of carbonyl (C=O) groups is 1. The molecule has 2 aliphatic heterocycles. The first-order chi connectivity index (χ1) is 20.0. The number of halogens is 1. The largest absolute Gasteiger partial charge is 0.478 e. The zero-order valence-electron chi connectivity index (χ0n) is 22.3. The first kappa shape index (κ1) is 26.6. The van der Waals surface area contributed by atoms with Crippen LogP contribution in [0.15, 0.2) is 60.7 Å². The molecular weight excluding hydrogens is 525 g/mol. The lowest BCUT2D eigenvalue weighted by Crippen LogP contribution is -2.33. The number of aromatic carboxylic acids is 1. The molecule has 0 unspecified atom stereocenters. The van der Waals surface area contributed by atoms with E-state index in [-0.39, 0.29) is 23.8 Å². The van der Waals surface area contributed by atoms with Crippen LogP contribution in [-0.4, -0.2) is 56.3 Å². The molecule has 1 N–H and O–H groups in total. The SMILES string of the molecule is N#Cc1ccc(COc2cccc(C3=CCN(Cc4nc5ccc(C(=O)O)cc5n4C[C@@H]4CCO4)CC3)n2)c(F)c1. The molecule has 4 heterocycles. The molecule has 6 rings (SSSR count). The molecule has 1 saturated heterocycles. The Labute approximate surface area is 236 Å². The lowest BCUT2D eigenvalue weighted by Gasteiger charge is -2.29. The van der Waals surface area contributed by atoms with Crippen molar-refractivity contribution in [2.45, 2.75) is 38.6 Å². The second-order valence-corrected chi connectivity index (χ2v) is 10.2. The first-order valence-corrected chi connectivity index (χ1v) is 13.5. The summed E-state index contributed by atoms with van der Waals surface area (Å²) in [5.74, 6) is -0.147. The minimum atomic E-state index is -0.959. The van der Waals surface area contributed by atoms with Gasteiger partial charge in [-0.05, 0) is 54.8 Å². The number of rotatable bonds is 9. The van der Waals surface area contributed by atoms with Gasteiger partial charge in [-0.15, -0.1) is 0 Å². The van der Waals surface area contributed by atoms with Gasteiger partial charge in [-0.25, -0.2) is 19.2 Å². The van der Waals surface area contributed by atoms with E-state index in [1.165, 1.54) is 6.07 Å². The normalized spacial score (nSPS) is 17.1. The fourth-order valence-electron chi connectivity index (χ4n) is 5.11. The average molecular weight is 554 g/mol. The predicted molar refractivity (Wildman–Crippen MR) is 149 cm³/mol. The number of nitrogens with zero attached hydrogens (tertiary/aromatic N) is 5. The molecule has 2 aliphatic rings. The maximum Gasteiger partial charge on any atom is 0.335 e. The van der Waals surface area contributed by atoms with Crippen molar-refractivity contribution in [3.05, 3.63) is 94.7 Å². The summed E-state index contributed by atoms with van der Waals surface area (Å²) in [5, 5.41) is 18.4. The number of nitriles is 1. The minimum absolute atomic E-state index is 0.0156. The number of imidazole rings is 1. The molecule has 0 aliphatic carbocycles. The molecule has 10 heteroatoms. The van der Waals surface area contributed by atoms with Gasteiger partial charge in [-0.1, -0.05) is 18.2 Å². The summed E-state index contributed by atoms with van der Waals surface area (Å²) >= 11 is 0. The van der Waals surface area contributed by atoms with Crippen molar-refractivity contribution in [2.75, 3.05) is 19.7 Å². The molecule has 41 heavy (non-hydrogen) atoms. The fourth-order valence-corrected chi connectivity index (χ4v) is 5.11. The van der Waals surface area contributed by atoms with Gasteiger partial charge >= 0.3 is 5.97 Å². The first-order valence-electron chi connectivity index (χ1n) is 13.5. The molecule has 0 amide bonds. The zero-order valence-corrected chi connectivity index (χ0v) is 22.3. The Morgan fingerprint density at radius 1 is 1.20 bits per heavy atom. The van der Waals surface area contributed by atoms with Gasteiger partial charge in [-0.2, -0.15) is 5.26 Å². The molecule has 2 aromatic carbocycles. The third-order valence-electron chi connectivity index (χ3n) is 7.52. The monoisotopic (exact) mass is 553 g/mol. The third kappa shape index (κ3) is 5.82. The highest BCUT2D eigenvalue weighted by atomic mass is 19.1. The van der Waals surface area contributed by atoms with E-state index in [0.29, 0.717) is 31.1 Å². The number of carboxylic acids is 1. The van der Waals surface area contributed by atoms with Crippen molar-refractivity contribution in [1.29, 1.82) is 5.26 Å². The van der Waals surface area contributed by atoms with Gasteiger partial charge in [0.2, 0.25) is 5.88 Å². The maximum absolute atomic E-state index is 14.2. The number of carboxylic acid groups (broad SMARTS) is 1. The van der Waals surface area contributed by atoms with Gasteiger partial charge in [0.1, 0.15) is 18.2 Å². The van der Waals surface area contributed by atoms with E-state index < -0.39 is 11.8 Å². The molecule has 2 aromatic heterocycles. The smallest absolute Gasteiger partial charge is 0.335 e. The van der Waals surface area contributed by atoms with E-state index in [4.69, 9.17) is 19.7 Å². The Morgan fingerprint density at radius 3 is 2.78 bits per heavy atom. The number of hydrogen-bond acceptors (Lipinski definition) is 7. The summed E-state index contributed by atoms with van der Waals surface area (Å²) in [4.78, 5) is 23.4. The van der Waals surface area contributed by atoms with E-state index in [0.717, 1.165) is 54.1 Å². The van der Waals surface area contributed by atoms with Crippen LogP contribution in [0.1, 0.15) is 45.8 Å². The van der Waals surface area contributed by atoms with Crippen LogP contribution in [0.4, 0.5) is 4.39 Å².